The number of carboxylic acid groups (broad SMARTS) is 1. The first-order chi connectivity index (χ1) is 7.91. The second kappa shape index (κ2) is 5.42. The fourth-order valence-electron chi connectivity index (χ4n) is 1.46. The minimum atomic E-state index is -1.13. The van der Waals surface area contributed by atoms with Gasteiger partial charge in [-0.15, -0.1) is 0 Å². The SMILES string of the molecule is CC(NC(=O)CCN1C(=O)CCC1=O)C(=O)O. The third-order valence-corrected chi connectivity index (χ3v) is 2.47. The van der Waals surface area contributed by atoms with Crippen molar-refractivity contribution in [2.24, 2.45) is 0 Å². The number of carbonyl (C=O) groups excluding carboxylic acids is 3. The molecule has 3 amide bonds. The summed E-state index contributed by atoms with van der Waals surface area (Å²) in [5.41, 5.74) is 0. The minimum absolute atomic E-state index is 0.00976. The Morgan fingerprint density at radius 3 is 2.35 bits per heavy atom. The maximum Gasteiger partial charge on any atom is 0.325 e. The van der Waals surface area contributed by atoms with Gasteiger partial charge < -0.3 is 10.4 Å². The second-order valence-corrected chi connectivity index (χ2v) is 3.82. The van der Waals surface area contributed by atoms with Gasteiger partial charge in [0.2, 0.25) is 17.7 Å². The van der Waals surface area contributed by atoms with Crippen LogP contribution in [0.2, 0.25) is 0 Å². The van der Waals surface area contributed by atoms with E-state index in [9.17, 15) is 19.2 Å². The van der Waals surface area contributed by atoms with E-state index in [4.69, 9.17) is 5.11 Å². The number of hydrogen-bond donors (Lipinski definition) is 2. The molecular formula is C10H14N2O5. The standard InChI is InChI=1S/C10H14N2O5/c1-6(10(16)17)11-7(13)4-5-12-8(14)2-3-9(12)15/h6H,2-5H2,1H3,(H,11,13)(H,16,17). The molecule has 1 rings (SSSR count). The Hall–Kier alpha value is -1.92. The fraction of sp³-hybridized carbons (Fsp3) is 0.600. The molecule has 0 saturated carbocycles. The zero-order valence-corrected chi connectivity index (χ0v) is 9.43. The lowest BCUT2D eigenvalue weighted by Gasteiger charge is -2.14. The largest absolute Gasteiger partial charge is 0.480 e. The Bertz CT molecular complexity index is 350. The average Bonchev–Trinajstić information content (AvgIpc) is 2.56. The van der Waals surface area contributed by atoms with Crippen molar-refractivity contribution in [2.45, 2.75) is 32.2 Å². The van der Waals surface area contributed by atoms with Crippen molar-refractivity contribution in [2.75, 3.05) is 6.54 Å². The van der Waals surface area contributed by atoms with Gasteiger partial charge in [-0.2, -0.15) is 0 Å². The summed E-state index contributed by atoms with van der Waals surface area (Å²) < 4.78 is 0. The smallest absolute Gasteiger partial charge is 0.325 e. The van der Waals surface area contributed by atoms with Crippen LogP contribution in [-0.2, 0) is 19.2 Å². The molecule has 2 N–H and O–H groups in total. The fourth-order valence-corrected chi connectivity index (χ4v) is 1.46. The summed E-state index contributed by atoms with van der Waals surface area (Å²) in [6, 6.07) is -0.979. The van der Waals surface area contributed by atoms with Crippen molar-refractivity contribution >= 4 is 23.7 Å². The molecule has 0 aromatic carbocycles. The predicted molar refractivity (Wildman–Crippen MR) is 55.8 cm³/mol. The maximum atomic E-state index is 11.3. The van der Waals surface area contributed by atoms with E-state index in [0.29, 0.717) is 0 Å². The summed E-state index contributed by atoms with van der Waals surface area (Å²) in [4.78, 5) is 45.2. The lowest BCUT2D eigenvalue weighted by Crippen LogP contribution is -2.40. The number of likely N-dealkylation sites (tertiary alicyclic amines) is 1. The molecular weight excluding hydrogens is 228 g/mol. The highest BCUT2D eigenvalue weighted by atomic mass is 16.4. The Morgan fingerprint density at radius 1 is 1.35 bits per heavy atom. The molecule has 1 heterocycles. The predicted octanol–water partition coefficient (Wildman–Crippen LogP) is -0.885. The molecule has 1 atom stereocenters. The van der Waals surface area contributed by atoms with E-state index in [2.05, 4.69) is 5.32 Å². The molecule has 1 aliphatic heterocycles. The number of aliphatic carboxylic acids is 1. The number of nitrogens with one attached hydrogen (secondary N) is 1. The van der Waals surface area contributed by atoms with E-state index < -0.39 is 17.9 Å². The van der Waals surface area contributed by atoms with Crippen molar-refractivity contribution in [3.63, 3.8) is 0 Å². The first-order valence-electron chi connectivity index (χ1n) is 5.27. The molecule has 0 spiro atoms. The van der Waals surface area contributed by atoms with E-state index >= 15 is 0 Å². The Kier molecular flexibility index (Phi) is 4.19. The highest BCUT2D eigenvalue weighted by Crippen LogP contribution is 2.11. The van der Waals surface area contributed by atoms with E-state index in [-0.39, 0.29) is 37.6 Å². The number of hydrogen-bond acceptors (Lipinski definition) is 4. The van der Waals surface area contributed by atoms with Crippen LogP contribution >= 0.6 is 0 Å². The molecule has 0 aromatic rings. The monoisotopic (exact) mass is 242 g/mol. The number of nitrogens with zero attached hydrogens (tertiary/aromatic N) is 1. The van der Waals surface area contributed by atoms with Gasteiger partial charge in [0.05, 0.1) is 0 Å². The zero-order chi connectivity index (χ0) is 13.0. The van der Waals surface area contributed by atoms with Gasteiger partial charge in [-0.3, -0.25) is 24.1 Å². The van der Waals surface area contributed by atoms with Crippen molar-refractivity contribution in [1.82, 2.24) is 10.2 Å². The van der Waals surface area contributed by atoms with Crippen LogP contribution in [0.5, 0.6) is 0 Å². The molecule has 0 radical (unpaired) electrons. The average molecular weight is 242 g/mol. The van der Waals surface area contributed by atoms with Crippen LogP contribution in [0.25, 0.3) is 0 Å². The first kappa shape index (κ1) is 13.1. The van der Waals surface area contributed by atoms with Crippen molar-refractivity contribution in [3.8, 4) is 0 Å². The van der Waals surface area contributed by atoms with Crippen molar-refractivity contribution in [3.05, 3.63) is 0 Å². The van der Waals surface area contributed by atoms with Gasteiger partial charge in [0.1, 0.15) is 6.04 Å². The number of imide groups is 1. The number of carbonyl (C=O) groups is 4. The highest BCUT2D eigenvalue weighted by molar-refractivity contribution is 6.02. The van der Waals surface area contributed by atoms with Crippen LogP contribution in [0.3, 0.4) is 0 Å². The molecule has 0 bridgehead atoms. The Morgan fingerprint density at radius 2 is 1.88 bits per heavy atom. The number of amides is 3. The van der Waals surface area contributed by atoms with Crippen LogP contribution in [0.15, 0.2) is 0 Å². The van der Waals surface area contributed by atoms with Gasteiger partial charge in [-0.05, 0) is 6.92 Å². The summed E-state index contributed by atoms with van der Waals surface area (Å²) in [6.45, 7) is 1.35. The third kappa shape index (κ3) is 3.54. The zero-order valence-electron chi connectivity index (χ0n) is 9.43. The van der Waals surface area contributed by atoms with E-state index in [0.717, 1.165) is 4.90 Å². The molecule has 7 heteroatoms. The van der Waals surface area contributed by atoms with Crippen LogP contribution in [0, 0.1) is 0 Å². The molecule has 0 aliphatic carbocycles. The van der Waals surface area contributed by atoms with Crippen molar-refractivity contribution < 1.29 is 24.3 Å². The van der Waals surface area contributed by atoms with Gasteiger partial charge in [0.15, 0.2) is 0 Å². The molecule has 0 aromatic heterocycles. The van der Waals surface area contributed by atoms with E-state index in [1.54, 1.807) is 0 Å². The summed E-state index contributed by atoms with van der Waals surface area (Å²) in [7, 11) is 0. The molecule has 1 saturated heterocycles. The first-order valence-corrected chi connectivity index (χ1v) is 5.27. The number of rotatable bonds is 5. The summed E-state index contributed by atoms with van der Waals surface area (Å²) in [5.74, 6) is -2.19. The topological polar surface area (TPSA) is 104 Å². The highest BCUT2D eigenvalue weighted by Gasteiger charge is 2.29. The van der Waals surface area contributed by atoms with E-state index in [1.807, 2.05) is 0 Å². The maximum absolute atomic E-state index is 11.3. The molecule has 7 nitrogen and oxygen atoms in total. The van der Waals surface area contributed by atoms with Gasteiger partial charge in [0.25, 0.3) is 0 Å². The lowest BCUT2D eigenvalue weighted by atomic mass is 10.3. The quantitative estimate of drug-likeness (QED) is 0.609. The van der Waals surface area contributed by atoms with Crippen LogP contribution in [0.4, 0.5) is 0 Å². The lowest BCUT2D eigenvalue weighted by molar-refractivity contribution is -0.142. The molecule has 17 heavy (non-hydrogen) atoms. The summed E-state index contributed by atoms with van der Waals surface area (Å²) in [5, 5.41) is 10.8. The second-order valence-electron chi connectivity index (χ2n) is 3.82. The summed E-state index contributed by atoms with van der Waals surface area (Å²) in [6.07, 6.45) is 0.299. The Labute approximate surface area is 97.8 Å². The van der Waals surface area contributed by atoms with Crippen molar-refractivity contribution in [1.29, 1.82) is 0 Å². The molecule has 94 valence electrons. The van der Waals surface area contributed by atoms with Crippen LogP contribution in [0.1, 0.15) is 26.2 Å². The Balaban J connectivity index is 2.35. The number of carboxylic acids is 1. The van der Waals surface area contributed by atoms with Crippen LogP contribution < -0.4 is 5.32 Å². The normalized spacial score (nSPS) is 17.1. The van der Waals surface area contributed by atoms with Crippen LogP contribution in [-0.4, -0.2) is 46.3 Å². The summed E-state index contributed by atoms with van der Waals surface area (Å²) >= 11 is 0. The van der Waals surface area contributed by atoms with Gasteiger partial charge in [-0.1, -0.05) is 0 Å². The van der Waals surface area contributed by atoms with Gasteiger partial charge in [0, 0.05) is 25.8 Å². The molecule has 1 aliphatic rings. The molecule has 1 unspecified atom stereocenters. The van der Waals surface area contributed by atoms with Gasteiger partial charge in [-0.25, -0.2) is 0 Å². The van der Waals surface area contributed by atoms with E-state index in [1.165, 1.54) is 6.92 Å². The third-order valence-electron chi connectivity index (χ3n) is 2.47. The van der Waals surface area contributed by atoms with Gasteiger partial charge >= 0.3 is 5.97 Å². The minimum Gasteiger partial charge on any atom is -0.480 e. The molecule has 1 fully saturated rings.